The molecule has 0 aromatic carbocycles. The molecule has 6 N–H and O–H groups in total. The zero-order chi connectivity index (χ0) is 19.5. The standard InChI is InChI=1S/C19H37NO6/c1-13-18(24)10-7-15(20-13)6-9-16(22)4-2-3-14(12-21)5-8-17(23)11-19(25)26/h13-18,20-24H,2-12H2,1H3,(H,25,26)/t13-,14-,15+,16+,17+,18+/m0/s1. The van der Waals surface area contributed by atoms with Crippen molar-refractivity contribution in [3.8, 4) is 0 Å². The van der Waals surface area contributed by atoms with Crippen LogP contribution in [0.5, 0.6) is 0 Å². The summed E-state index contributed by atoms with van der Waals surface area (Å²) in [5, 5.41) is 50.9. The lowest BCUT2D eigenvalue weighted by Gasteiger charge is -2.33. The Kier molecular flexibility index (Phi) is 11.3. The summed E-state index contributed by atoms with van der Waals surface area (Å²) in [6.45, 7) is 2.00. The maximum absolute atomic E-state index is 10.5. The average molecular weight is 376 g/mol. The van der Waals surface area contributed by atoms with Gasteiger partial charge in [-0.3, -0.25) is 4.79 Å². The number of aliphatic hydroxyl groups excluding tert-OH is 4. The van der Waals surface area contributed by atoms with Gasteiger partial charge in [0.25, 0.3) is 0 Å². The molecule has 1 rings (SSSR count). The van der Waals surface area contributed by atoms with Crippen LogP contribution < -0.4 is 5.32 Å². The SMILES string of the molecule is C[C@@H]1N[C@H](CC[C@H](O)CCC[C@H](CO)CC[C@@H](O)CC(=O)O)CC[C@H]1O. The first-order valence-electron chi connectivity index (χ1n) is 9.94. The Morgan fingerprint density at radius 1 is 1.08 bits per heavy atom. The predicted octanol–water partition coefficient (Wildman–Crippen LogP) is 1.02. The van der Waals surface area contributed by atoms with Crippen LogP contribution in [0.4, 0.5) is 0 Å². The Bertz CT molecular complexity index is 394. The fraction of sp³-hybridized carbons (Fsp3) is 0.947. The van der Waals surface area contributed by atoms with E-state index < -0.39 is 12.1 Å². The second kappa shape index (κ2) is 12.6. The summed E-state index contributed by atoms with van der Waals surface area (Å²) in [7, 11) is 0. The smallest absolute Gasteiger partial charge is 0.305 e. The number of nitrogens with one attached hydrogen (secondary N) is 1. The van der Waals surface area contributed by atoms with Crippen molar-refractivity contribution in [3.05, 3.63) is 0 Å². The predicted molar refractivity (Wildman–Crippen MR) is 98.8 cm³/mol. The topological polar surface area (TPSA) is 130 Å². The number of carboxylic acid groups (broad SMARTS) is 1. The molecule has 0 aromatic rings. The highest BCUT2D eigenvalue weighted by atomic mass is 16.4. The van der Waals surface area contributed by atoms with Gasteiger partial charge in [0.15, 0.2) is 0 Å². The summed E-state index contributed by atoms with van der Waals surface area (Å²) < 4.78 is 0. The zero-order valence-electron chi connectivity index (χ0n) is 15.9. The minimum Gasteiger partial charge on any atom is -0.481 e. The molecule has 0 bridgehead atoms. The Morgan fingerprint density at radius 3 is 2.42 bits per heavy atom. The lowest BCUT2D eigenvalue weighted by atomic mass is 9.91. The van der Waals surface area contributed by atoms with E-state index in [1.165, 1.54) is 0 Å². The molecule has 0 radical (unpaired) electrons. The molecule has 0 unspecified atom stereocenters. The summed E-state index contributed by atoms with van der Waals surface area (Å²) in [6, 6.07) is 0.455. The number of carbonyl (C=O) groups is 1. The van der Waals surface area contributed by atoms with E-state index in [4.69, 9.17) is 5.11 Å². The minimum absolute atomic E-state index is 0.0160. The van der Waals surface area contributed by atoms with Crippen LogP contribution in [0.2, 0.25) is 0 Å². The summed E-state index contributed by atoms with van der Waals surface area (Å²) in [5.74, 6) is -0.981. The minimum atomic E-state index is -1.02. The van der Waals surface area contributed by atoms with Crippen molar-refractivity contribution in [2.45, 2.75) is 102 Å². The fourth-order valence-electron chi connectivity index (χ4n) is 3.65. The first-order chi connectivity index (χ1) is 12.3. The summed E-state index contributed by atoms with van der Waals surface area (Å²) in [4.78, 5) is 10.5. The third-order valence-electron chi connectivity index (χ3n) is 5.46. The number of hydrogen-bond acceptors (Lipinski definition) is 6. The van der Waals surface area contributed by atoms with Crippen LogP contribution in [0.25, 0.3) is 0 Å². The van der Waals surface area contributed by atoms with Gasteiger partial charge in [0.1, 0.15) is 0 Å². The van der Waals surface area contributed by atoms with Crippen molar-refractivity contribution in [1.29, 1.82) is 0 Å². The Labute approximate surface area is 156 Å². The van der Waals surface area contributed by atoms with Crippen LogP contribution in [0.1, 0.15) is 71.1 Å². The van der Waals surface area contributed by atoms with Gasteiger partial charge in [0.2, 0.25) is 0 Å². The van der Waals surface area contributed by atoms with Gasteiger partial charge in [-0.25, -0.2) is 0 Å². The molecule has 1 heterocycles. The van der Waals surface area contributed by atoms with Crippen molar-refractivity contribution in [2.24, 2.45) is 5.92 Å². The molecule has 1 aliphatic heterocycles. The first kappa shape index (κ1) is 23.3. The Balaban J connectivity index is 2.13. The lowest BCUT2D eigenvalue weighted by Crippen LogP contribution is -2.48. The van der Waals surface area contributed by atoms with Crippen LogP contribution in [-0.4, -0.2) is 68.5 Å². The molecule has 0 aliphatic carbocycles. The van der Waals surface area contributed by atoms with E-state index in [2.05, 4.69) is 5.32 Å². The van der Waals surface area contributed by atoms with Crippen LogP contribution in [0.15, 0.2) is 0 Å². The molecule has 1 fully saturated rings. The van der Waals surface area contributed by atoms with Crippen molar-refractivity contribution in [3.63, 3.8) is 0 Å². The highest BCUT2D eigenvalue weighted by molar-refractivity contribution is 5.67. The van der Waals surface area contributed by atoms with Gasteiger partial charge in [-0.05, 0) is 64.2 Å². The molecule has 154 valence electrons. The molecule has 26 heavy (non-hydrogen) atoms. The monoisotopic (exact) mass is 375 g/mol. The van der Waals surface area contributed by atoms with Gasteiger partial charge in [0, 0.05) is 18.7 Å². The van der Waals surface area contributed by atoms with Crippen molar-refractivity contribution in [1.82, 2.24) is 5.32 Å². The molecule has 6 atom stereocenters. The first-order valence-corrected chi connectivity index (χ1v) is 9.94. The Morgan fingerprint density at radius 2 is 1.81 bits per heavy atom. The highest BCUT2D eigenvalue weighted by Gasteiger charge is 2.25. The second-order valence-corrected chi connectivity index (χ2v) is 7.84. The Hall–Kier alpha value is -0.730. The summed E-state index contributed by atoms with van der Waals surface area (Å²) in [6.07, 6.45) is 4.79. The number of piperidine rings is 1. The van der Waals surface area contributed by atoms with Gasteiger partial charge in [0.05, 0.1) is 24.7 Å². The number of aliphatic carboxylic acids is 1. The molecule has 0 saturated carbocycles. The van der Waals surface area contributed by atoms with Gasteiger partial charge >= 0.3 is 5.97 Å². The maximum Gasteiger partial charge on any atom is 0.305 e. The molecule has 7 heteroatoms. The van der Waals surface area contributed by atoms with Gasteiger partial charge < -0.3 is 30.8 Å². The van der Waals surface area contributed by atoms with Gasteiger partial charge in [-0.2, -0.15) is 0 Å². The third kappa shape index (κ3) is 9.83. The molecule has 1 aliphatic rings. The van der Waals surface area contributed by atoms with E-state index in [1.807, 2.05) is 6.92 Å². The molecule has 0 spiro atoms. The van der Waals surface area contributed by atoms with Crippen LogP contribution in [-0.2, 0) is 4.79 Å². The van der Waals surface area contributed by atoms with Crippen LogP contribution in [0.3, 0.4) is 0 Å². The van der Waals surface area contributed by atoms with Crippen molar-refractivity contribution in [2.75, 3.05) is 6.61 Å². The van der Waals surface area contributed by atoms with E-state index in [0.717, 1.165) is 38.5 Å². The number of hydrogen-bond donors (Lipinski definition) is 6. The number of aliphatic hydroxyl groups is 4. The quantitative estimate of drug-likeness (QED) is 0.283. The second-order valence-electron chi connectivity index (χ2n) is 7.84. The third-order valence-corrected chi connectivity index (χ3v) is 5.46. The van der Waals surface area contributed by atoms with Gasteiger partial charge in [-0.1, -0.05) is 6.42 Å². The van der Waals surface area contributed by atoms with Crippen molar-refractivity contribution >= 4 is 5.97 Å². The molecule has 0 aromatic heterocycles. The zero-order valence-corrected chi connectivity index (χ0v) is 15.9. The van der Waals surface area contributed by atoms with E-state index >= 15 is 0 Å². The molecule has 1 saturated heterocycles. The van der Waals surface area contributed by atoms with Gasteiger partial charge in [-0.15, -0.1) is 0 Å². The van der Waals surface area contributed by atoms with E-state index in [0.29, 0.717) is 25.3 Å². The fourth-order valence-corrected chi connectivity index (χ4v) is 3.65. The van der Waals surface area contributed by atoms with Crippen LogP contribution in [0, 0.1) is 5.92 Å². The number of rotatable bonds is 13. The molecular weight excluding hydrogens is 338 g/mol. The van der Waals surface area contributed by atoms with Crippen molar-refractivity contribution < 1.29 is 30.3 Å². The lowest BCUT2D eigenvalue weighted by molar-refractivity contribution is -0.139. The van der Waals surface area contributed by atoms with E-state index in [9.17, 15) is 25.2 Å². The summed E-state index contributed by atoms with van der Waals surface area (Å²) in [5.41, 5.74) is 0. The largest absolute Gasteiger partial charge is 0.481 e. The van der Waals surface area contributed by atoms with E-state index in [1.54, 1.807) is 0 Å². The normalized spacial score (nSPS) is 27.0. The maximum atomic E-state index is 10.5. The molecule has 7 nitrogen and oxygen atoms in total. The summed E-state index contributed by atoms with van der Waals surface area (Å²) >= 11 is 0. The molecule has 0 amide bonds. The highest BCUT2D eigenvalue weighted by Crippen LogP contribution is 2.21. The average Bonchev–Trinajstić information content (AvgIpc) is 2.58. The van der Waals surface area contributed by atoms with Crippen LogP contribution >= 0.6 is 0 Å². The molecular formula is C19H37NO6. The number of carboxylic acids is 1. The van der Waals surface area contributed by atoms with E-state index in [-0.39, 0.29) is 37.2 Å².